The van der Waals surface area contributed by atoms with Crippen LogP contribution in [0.3, 0.4) is 0 Å². The zero-order valence-corrected chi connectivity index (χ0v) is 12.4. The molecule has 0 bridgehead atoms. The van der Waals surface area contributed by atoms with Gasteiger partial charge < -0.3 is 10.4 Å². The van der Waals surface area contributed by atoms with Crippen molar-refractivity contribution in [3.63, 3.8) is 0 Å². The van der Waals surface area contributed by atoms with Crippen LogP contribution in [0.25, 0.3) is 0 Å². The molecule has 1 aliphatic rings. The number of aliphatic carboxylic acids is 1. The fourth-order valence-electron chi connectivity index (χ4n) is 2.02. The summed E-state index contributed by atoms with van der Waals surface area (Å²) in [6, 6.07) is -0.864. The van der Waals surface area contributed by atoms with Gasteiger partial charge in [-0.2, -0.15) is 17.4 Å². The van der Waals surface area contributed by atoms with Crippen LogP contribution in [0.2, 0.25) is 0 Å². The number of carbonyl (C=O) groups excluding carboxylic acids is 1. The maximum absolute atomic E-state index is 12.1. The van der Waals surface area contributed by atoms with Crippen molar-refractivity contribution in [3.05, 3.63) is 0 Å². The lowest BCUT2D eigenvalue weighted by Gasteiger charge is -2.30. The van der Waals surface area contributed by atoms with E-state index in [0.717, 1.165) is 0 Å². The zero-order valence-electron chi connectivity index (χ0n) is 11.6. The SMILES string of the molecule is CCNC(=O)C(C)NS(=O)(=O)N1CCC(C(=O)O)CC1. The van der Waals surface area contributed by atoms with Gasteiger partial charge in [0.05, 0.1) is 12.0 Å². The highest BCUT2D eigenvalue weighted by molar-refractivity contribution is 7.87. The number of piperidine rings is 1. The minimum Gasteiger partial charge on any atom is -0.481 e. The highest BCUT2D eigenvalue weighted by Crippen LogP contribution is 2.19. The predicted molar refractivity (Wildman–Crippen MR) is 72.1 cm³/mol. The number of hydrogen-bond acceptors (Lipinski definition) is 4. The molecule has 0 saturated carbocycles. The van der Waals surface area contributed by atoms with Gasteiger partial charge in [-0.25, -0.2) is 0 Å². The van der Waals surface area contributed by atoms with Crippen LogP contribution in [-0.4, -0.2) is 55.4 Å². The van der Waals surface area contributed by atoms with Crippen molar-refractivity contribution in [3.8, 4) is 0 Å². The number of carboxylic acids is 1. The first-order chi connectivity index (χ1) is 9.27. The maximum Gasteiger partial charge on any atom is 0.306 e. The second-order valence-electron chi connectivity index (χ2n) is 4.75. The van der Waals surface area contributed by atoms with Gasteiger partial charge in [0.25, 0.3) is 10.2 Å². The lowest BCUT2D eigenvalue weighted by Crippen LogP contribution is -2.52. The minimum absolute atomic E-state index is 0.147. The number of rotatable bonds is 6. The lowest BCUT2D eigenvalue weighted by molar-refractivity contribution is -0.142. The van der Waals surface area contributed by atoms with Crippen LogP contribution in [0.1, 0.15) is 26.7 Å². The summed E-state index contributed by atoms with van der Waals surface area (Å²) in [6.45, 7) is 3.93. The van der Waals surface area contributed by atoms with Crippen LogP contribution in [0.5, 0.6) is 0 Å². The summed E-state index contributed by atoms with van der Waals surface area (Å²) in [5, 5.41) is 11.4. The normalized spacial score (nSPS) is 19.5. The van der Waals surface area contributed by atoms with Crippen molar-refractivity contribution in [2.24, 2.45) is 5.92 Å². The lowest BCUT2D eigenvalue weighted by atomic mass is 9.99. The van der Waals surface area contributed by atoms with E-state index in [1.165, 1.54) is 11.2 Å². The van der Waals surface area contributed by atoms with E-state index in [4.69, 9.17) is 5.11 Å². The van der Waals surface area contributed by atoms with E-state index in [2.05, 4.69) is 10.0 Å². The first kappa shape index (κ1) is 16.9. The molecular weight excluding hydrogens is 286 g/mol. The molecule has 1 aliphatic heterocycles. The minimum atomic E-state index is -3.77. The smallest absolute Gasteiger partial charge is 0.306 e. The molecule has 3 N–H and O–H groups in total. The molecule has 1 atom stereocenters. The molecule has 1 unspecified atom stereocenters. The summed E-state index contributed by atoms with van der Waals surface area (Å²) in [5.41, 5.74) is 0. The van der Waals surface area contributed by atoms with Crippen molar-refractivity contribution in [2.75, 3.05) is 19.6 Å². The van der Waals surface area contributed by atoms with Crippen molar-refractivity contribution in [1.29, 1.82) is 0 Å². The molecule has 1 amide bonds. The molecule has 116 valence electrons. The molecule has 9 heteroatoms. The quantitative estimate of drug-likeness (QED) is 0.590. The van der Waals surface area contributed by atoms with E-state index < -0.39 is 34.0 Å². The number of carboxylic acid groups (broad SMARTS) is 1. The van der Waals surface area contributed by atoms with E-state index >= 15 is 0 Å². The topological polar surface area (TPSA) is 116 Å². The van der Waals surface area contributed by atoms with Crippen LogP contribution in [0.15, 0.2) is 0 Å². The predicted octanol–water partition coefficient (Wildman–Crippen LogP) is -0.858. The molecule has 0 spiro atoms. The molecule has 8 nitrogen and oxygen atoms in total. The van der Waals surface area contributed by atoms with Gasteiger partial charge in [0.15, 0.2) is 0 Å². The third kappa shape index (κ3) is 4.43. The number of hydrogen-bond donors (Lipinski definition) is 3. The number of carbonyl (C=O) groups is 2. The Morgan fingerprint density at radius 2 is 1.90 bits per heavy atom. The Labute approximate surface area is 118 Å². The highest BCUT2D eigenvalue weighted by atomic mass is 32.2. The van der Waals surface area contributed by atoms with Crippen molar-refractivity contribution in [2.45, 2.75) is 32.7 Å². The maximum atomic E-state index is 12.1. The molecule has 0 aliphatic carbocycles. The Kier molecular flexibility index (Phi) is 5.90. The summed E-state index contributed by atoms with van der Waals surface area (Å²) in [5.74, 6) is -1.79. The average molecular weight is 307 g/mol. The van der Waals surface area contributed by atoms with Crippen LogP contribution < -0.4 is 10.0 Å². The van der Waals surface area contributed by atoms with Gasteiger partial charge in [-0.3, -0.25) is 9.59 Å². The molecule has 0 aromatic rings. The van der Waals surface area contributed by atoms with Crippen LogP contribution in [0, 0.1) is 5.92 Å². The van der Waals surface area contributed by atoms with Gasteiger partial charge in [0, 0.05) is 19.6 Å². The molecular formula is C11H21N3O5S. The molecule has 0 radical (unpaired) electrons. The van der Waals surface area contributed by atoms with Gasteiger partial charge >= 0.3 is 5.97 Å². The first-order valence-electron chi connectivity index (χ1n) is 6.55. The molecule has 1 fully saturated rings. The van der Waals surface area contributed by atoms with E-state index in [-0.39, 0.29) is 25.9 Å². The Morgan fingerprint density at radius 3 is 2.35 bits per heavy atom. The van der Waals surface area contributed by atoms with E-state index in [1.807, 2.05) is 0 Å². The van der Waals surface area contributed by atoms with Crippen molar-refractivity contribution in [1.82, 2.24) is 14.3 Å². The van der Waals surface area contributed by atoms with Crippen molar-refractivity contribution < 1.29 is 23.1 Å². The van der Waals surface area contributed by atoms with E-state index in [0.29, 0.717) is 6.54 Å². The van der Waals surface area contributed by atoms with Crippen LogP contribution >= 0.6 is 0 Å². The summed E-state index contributed by atoms with van der Waals surface area (Å²) in [7, 11) is -3.77. The van der Waals surface area contributed by atoms with Gasteiger partial charge in [0.2, 0.25) is 5.91 Å². The standard InChI is InChI=1S/C11H21N3O5S/c1-3-12-10(15)8(2)13-20(18,19)14-6-4-9(5-7-14)11(16)17/h8-9,13H,3-7H2,1-2H3,(H,12,15)(H,16,17). The fourth-order valence-corrected chi connectivity index (χ4v) is 3.42. The van der Waals surface area contributed by atoms with Gasteiger partial charge in [0.1, 0.15) is 0 Å². The molecule has 0 aromatic carbocycles. The number of amides is 1. The Bertz CT molecular complexity index is 457. The summed E-state index contributed by atoms with van der Waals surface area (Å²) < 4.78 is 27.6. The molecule has 1 heterocycles. The van der Waals surface area contributed by atoms with Crippen LogP contribution in [-0.2, 0) is 19.8 Å². The zero-order chi connectivity index (χ0) is 15.3. The van der Waals surface area contributed by atoms with Crippen LogP contribution in [0.4, 0.5) is 0 Å². The molecule has 1 rings (SSSR count). The molecule has 20 heavy (non-hydrogen) atoms. The number of nitrogens with zero attached hydrogens (tertiary/aromatic N) is 1. The molecule has 1 saturated heterocycles. The second-order valence-corrected chi connectivity index (χ2v) is 6.45. The van der Waals surface area contributed by atoms with E-state index in [9.17, 15) is 18.0 Å². The van der Waals surface area contributed by atoms with Crippen molar-refractivity contribution >= 4 is 22.1 Å². The van der Waals surface area contributed by atoms with Gasteiger partial charge in [-0.15, -0.1) is 0 Å². The second kappa shape index (κ2) is 7.00. The summed E-state index contributed by atoms with van der Waals surface area (Å²) >= 11 is 0. The Balaban J connectivity index is 2.58. The number of likely N-dealkylation sites (N-methyl/N-ethyl adjacent to an activating group) is 1. The Hall–Kier alpha value is -1.19. The third-order valence-electron chi connectivity index (χ3n) is 3.21. The number of nitrogens with one attached hydrogen (secondary N) is 2. The summed E-state index contributed by atoms with van der Waals surface area (Å²) in [6.07, 6.45) is 0.567. The third-order valence-corrected chi connectivity index (χ3v) is 4.91. The van der Waals surface area contributed by atoms with E-state index in [1.54, 1.807) is 6.92 Å². The first-order valence-corrected chi connectivity index (χ1v) is 7.99. The summed E-state index contributed by atoms with van der Waals surface area (Å²) in [4.78, 5) is 22.3. The fraction of sp³-hybridized carbons (Fsp3) is 0.818. The monoisotopic (exact) mass is 307 g/mol. The van der Waals surface area contributed by atoms with Gasteiger partial charge in [-0.1, -0.05) is 0 Å². The average Bonchev–Trinajstić information content (AvgIpc) is 2.38. The highest BCUT2D eigenvalue weighted by Gasteiger charge is 2.32. The van der Waals surface area contributed by atoms with Gasteiger partial charge in [-0.05, 0) is 26.7 Å². The Morgan fingerprint density at radius 1 is 1.35 bits per heavy atom. The molecule has 0 aromatic heterocycles. The largest absolute Gasteiger partial charge is 0.481 e.